The summed E-state index contributed by atoms with van der Waals surface area (Å²) in [5, 5.41) is 0.881. The fourth-order valence-electron chi connectivity index (χ4n) is 2.90. The minimum Gasteiger partial charge on any atom is -0.493 e. The Hall–Kier alpha value is -3.14. The van der Waals surface area contributed by atoms with Crippen LogP contribution in [0.15, 0.2) is 52.4 Å². The lowest BCUT2D eigenvalue weighted by Gasteiger charge is -2.14. The van der Waals surface area contributed by atoms with Gasteiger partial charge in [0.05, 0.1) is 31.5 Å². The Kier molecular flexibility index (Phi) is 7.45. The second-order valence-corrected chi connectivity index (χ2v) is 7.29. The van der Waals surface area contributed by atoms with Gasteiger partial charge in [-0.05, 0) is 29.8 Å². The van der Waals surface area contributed by atoms with Crippen LogP contribution in [0.1, 0.15) is 12.0 Å². The molecule has 1 heterocycles. The van der Waals surface area contributed by atoms with Crippen LogP contribution in [0.2, 0.25) is 0 Å². The van der Waals surface area contributed by atoms with Gasteiger partial charge in [-0.25, -0.2) is 4.98 Å². The van der Waals surface area contributed by atoms with E-state index in [0.29, 0.717) is 21.8 Å². The van der Waals surface area contributed by atoms with Crippen LogP contribution in [0, 0.1) is 0 Å². The van der Waals surface area contributed by atoms with Crippen LogP contribution in [0.4, 0.5) is 8.78 Å². The summed E-state index contributed by atoms with van der Waals surface area (Å²) in [5.41, 5.74) is 1.04. The van der Waals surface area contributed by atoms with E-state index in [-0.39, 0.29) is 30.0 Å². The SMILES string of the molecule is COC(=O)CCn1c(SCc2ccc(OC(F)F)c(OC)c2)nc2ccccc2c1=O. The molecule has 3 aromatic rings. The molecule has 0 fully saturated rings. The lowest BCUT2D eigenvalue weighted by Crippen LogP contribution is -2.24. The molecule has 0 atom stereocenters. The standard InChI is InChI=1S/C21H20F2N2O5S/c1-28-17-11-13(7-8-16(17)30-20(22)23)12-31-21-24-15-6-4-3-5-14(15)19(27)25(21)10-9-18(26)29-2/h3-8,11,20H,9-10,12H2,1-2H3. The van der Waals surface area contributed by atoms with E-state index in [9.17, 15) is 18.4 Å². The van der Waals surface area contributed by atoms with Crippen LogP contribution in [0.25, 0.3) is 10.9 Å². The van der Waals surface area contributed by atoms with Gasteiger partial charge in [0.2, 0.25) is 0 Å². The number of fused-ring (bicyclic) bond motifs is 1. The first-order valence-corrected chi connectivity index (χ1v) is 10.2. The van der Waals surface area contributed by atoms with Gasteiger partial charge in [0.1, 0.15) is 0 Å². The van der Waals surface area contributed by atoms with E-state index in [0.717, 1.165) is 5.56 Å². The van der Waals surface area contributed by atoms with Gasteiger partial charge in [-0.2, -0.15) is 8.78 Å². The Morgan fingerprint density at radius 3 is 2.65 bits per heavy atom. The third-order valence-electron chi connectivity index (χ3n) is 4.41. The molecule has 0 amide bonds. The Labute approximate surface area is 180 Å². The summed E-state index contributed by atoms with van der Waals surface area (Å²) >= 11 is 1.28. The third kappa shape index (κ3) is 5.52. The number of esters is 1. The molecule has 0 aliphatic carbocycles. The van der Waals surface area contributed by atoms with E-state index in [2.05, 4.69) is 14.5 Å². The summed E-state index contributed by atoms with van der Waals surface area (Å²) < 4.78 is 40.7. The lowest BCUT2D eigenvalue weighted by atomic mass is 10.2. The van der Waals surface area contributed by atoms with Crippen molar-refractivity contribution in [3.63, 3.8) is 0 Å². The third-order valence-corrected chi connectivity index (χ3v) is 5.45. The first-order valence-electron chi connectivity index (χ1n) is 9.24. The van der Waals surface area contributed by atoms with E-state index in [1.165, 1.54) is 36.6 Å². The molecule has 0 radical (unpaired) electrons. The number of hydrogen-bond donors (Lipinski definition) is 0. The number of halogens is 2. The molecular weight excluding hydrogens is 430 g/mol. The molecule has 1 aromatic heterocycles. The Balaban J connectivity index is 1.89. The van der Waals surface area contributed by atoms with Gasteiger partial charge in [-0.3, -0.25) is 14.2 Å². The van der Waals surface area contributed by atoms with Gasteiger partial charge in [-0.15, -0.1) is 0 Å². The highest BCUT2D eigenvalue weighted by Gasteiger charge is 2.15. The van der Waals surface area contributed by atoms with Crippen molar-refractivity contribution in [2.24, 2.45) is 0 Å². The number of ether oxygens (including phenoxy) is 3. The lowest BCUT2D eigenvalue weighted by molar-refractivity contribution is -0.140. The minimum absolute atomic E-state index is 0.0253. The van der Waals surface area contributed by atoms with Crippen LogP contribution < -0.4 is 15.0 Å². The van der Waals surface area contributed by atoms with Crippen LogP contribution in [-0.4, -0.2) is 36.4 Å². The Morgan fingerprint density at radius 2 is 1.94 bits per heavy atom. The molecule has 0 N–H and O–H groups in total. The van der Waals surface area contributed by atoms with Crippen molar-refractivity contribution < 1.29 is 27.8 Å². The Bertz CT molecular complexity index is 1140. The largest absolute Gasteiger partial charge is 0.493 e. The highest BCUT2D eigenvalue weighted by atomic mass is 32.2. The van der Waals surface area contributed by atoms with E-state index < -0.39 is 12.6 Å². The molecule has 31 heavy (non-hydrogen) atoms. The number of thioether (sulfide) groups is 1. The van der Waals surface area contributed by atoms with Crippen molar-refractivity contribution in [1.82, 2.24) is 9.55 Å². The molecule has 2 aromatic carbocycles. The van der Waals surface area contributed by atoms with E-state index in [1.807, 2.05) is 0 Å². The summed E-state index contributed by atoms with van der Waals surface area (Å²) in [5.74, 6) is 0.0577. The Morgan fingerprint density at radius 1 is 1.16 bits per heavy atom. The van der Waals surface area contributed by atoms with Crippen molar-refractivity contribution in [1.29, 1.82) is 0 Å². The number of carbonyl (C=O) groups is 1. The first kappa shape index (κ1) is 22.5. The van der Waals surface area contributed by atoms with Crippen molar-refractivity contribution in [3.8, 4) is 11.5 Å². The maximum atomic E-state index is 13.0. The normalized spacial score (nSPS) is 11.0. The van der Waals surface area contributed by atoms with Crippen LogP contribution in [-0.2, 0) is 21.8 Å². The molecule has 0 spiro atoms. The molecule has 0 unspecified atom stereocenters. The van der Waals surface area contributed by atoms with Crippen LogP contribution in [0.3, 0.4) is 0 Å². The molecule has 10 heteroatoms. The molecule has 3 rings (SSSR count). The quantitative estimate of drug-likeness (QED) is 0.278. The number of benzene rings is 2. The summed E-state index contributed by atoms with van der Waals surface area (Å²) in [6.45, 7) is -2.84. The molecule has 0 saturated carbocycles. The molecule has 0 saturated heterocycles. The summed E-state index contributed by atoms with van der Waals surface area (Å²) in [6, 6.07) is 11.6. The number of methoxy groups -OCH3 is 2. The van der Waals surface area contributed by atoms with Gasteiger partial charge in [0.25, 0.3) is 5.56 Å². The highest BCUT2D eigenvalue weighted by Crippen LogP contribution is 2.32. The first-order chi connectivity index (χ1) is 14.9. The fraction of sp³-hybridized carbons (Fsp3) is 0.286. The van der Waals surface area contributed by atoms with E-state index in [4.69, 9.17) is 4.74 Å². The predicted octanol–water partition coefficient (Wildman–Crippen LogP) is 3.86. The van der Waals surface area contributed by atoms with E-state index >= 15 is 0 Å². The fourth-order valence-corrected chi connectivity index (χ4v) is 3.87. The molecular formula is C21H20F2N2O5S. The highest BCUT2D eigenvalue weighted by molar-refractivity contribution is 7.98. The second-order valence-electron chi connectivity index (χ2n) is 6.35. The van der Waals surface area contributed by atoms with Crippen LogP contribution >= 0.6 is 11.8 Å². The van der Waals surface area contributed by atoms with Gasteiger partial charge in [-0.1, -0.05) is 30.0 Å². The number of carbonyl (C=O) groups excluding carboxylic acids is 1. The van der Waals surface area contributed by atoms with Crippen molar-refractivity contribution in [3.05, 3.63) is 58.4 Å². The second kappa shape index (κ2) is 10.3. The zero-order chi connectivity index (χ0) is 22.4. The summed E-state index contributed by atoms with van der Waals surface area (Å²) in [7, 11) is 2.65. The summed E-state index contributed by atoms with van der Waals surface area (Å²) in [4.78, 5) is 29.1. The zero-order valence-corrected chi connectivity index (χ0v) is 17.7. The number of alkyl halides is 2. The van der Waals surface area contributed by atoms with Gasteiger partial charge in [0, 0.05) is 12.3 Å². The molecule has 0 bridgehead atoms. The maximum absolute atomic E-state index is 13.0. The number of rotatable bonds is 9. The van der Waals surface area contributed by atoms with Crippen molar-refractivity contribution in [2.75, 3.05) is 14.2 Å². The number of nitrogens with zero attached hydrogens (tertiary/aromatic N) is 2. The van der Waals surface area contributed by atoms with Gasteiger partial charge in [0.15, 0.2) is 16.7 Å². The predicted molar refractivity (Wildman–Crippen MR) is 112 cm³/mol. The molecule has 0 aliphatic heterocycles. The molecule has 7 nitrogen and oxygen atoms in total. The molecule has 0 aliphatic rings. The number of para-hydroxylation sites is 1. The van der Waals surface area contributed by atoms with Crippen LogP contribution in [0.5, 0.6) is 11.5 Å². The molecule has 164 valence electrons. The van der Waals surface area contributed by atoms with Gasteiger partial charge < -0.3 is 14.2 Å². The average molecular weight is 450 g/mol. The van der Waals surface area contributed by atoms with Crippen molar-refractivity contribution in [2.45, 2.75) is 30.5 Å². The maximum Gasteiger partial charge on any atom is 0.387 e. The van der Waals surface area contributed by atoms with Crippen molar-refractivity contribution >= 4 is 28.6 Å². The zero-order valence-electron chi connectivity index (χ0n) is 16.8. The summed E-state index contributed by atoms with van der Waals surface area (Å²) in [6.07, 6.45) is 0.0253. The number of hydrogen-bond acceptors (Lipinski definition) is 7. The average Bonchev–Trinajstić information content (AvgIpc) is 2.77. The minimum atomic E-state index is -2.96. The topological polar surface area (TPSA) is 79.7 Å². The monoisotopic (exact) mass is 450 g/mol. The number of aromatic nitrogens is 2. The van der Waals surface area contributed by atoms with Gasteiger partial charge >= 0.3 is 12.6 Å². The smallest absolute Gasteiger partial charge is 0.387 e. The van der Waals surface area contributed by atoms with E-state index in [1.54, 1.807) is 36.4 Å².